The molecule has 0 spiro atoms. The van der Waals surface area contributed by atoms with Crippen LogP contribution in [0.15, 0.2) is 43.0 Å². The second-order valence-electron chi connectivity index (χ2n) is 4.63. The second-order valence-corrected chi connectivity index (χ2v) is 4.63. The monoisotopic (exact) mass is 285 g/mol. The molecular formula is C17H19NO3. The highest BCUT2D eigenvalue weighted by Gasteiger charge is 2.36. The Kier molecular flexibility index (Phi) is 6.01. The highest BCUT2D eigenvalue weighted by Crippen LogP contribution is 2.22. The highest BCUT2D eigenvalue weighted by molar-refractivity contribution is 5.82. The van der Waals surface area contributed by atoms with E-state index in [4.69, 9.17) is 9.47 Å². The minimum Gasteiger partial charge on any atom is -0.365 e. The van der Waals surface area contributed by atoms with Gasteiger partial charge >= 0.3 is 0 Å². The minimum atomic E-state index is -0.166. The van der Waals surface area contributed by atoms with Crippen LogP contribution in [0.4, 0.5) is 0 Å². The van der Waals surface area contributed by atoms with Crippen molar-refractivity contribution in [2.75, 3.05) is 19.8 Å². The zero-order chi connectivity index (χ0) is 14.9. The number of hydrogen-bond acceptors (Lipinski definition) is 3. The van der Waals surface area contributed by atoms with Gasteiger partial charge in [0.25, 0.3) is 0 Å². The molecule has 1 unspecified atom stereocenters. The van der Waals surface area contributed by atoms with Gasteiger partial charge in [-0.15, -0.1) is 6.58 Å². The Hall–Kier alpha value is -2.09. The molecule has 110 valence electrons. The van der Waals surface area contributed by atoms with Crippen molar-refractivity contribution < 1.29 is 14.3 Å². The number of β-lactam (4-membered cyclic amide) rings is 1. The molecule has 1 atom stereocenters. The van der Waals surface area contributed by atoms with Gasteiger partial charge in [0.2, 0.25) is 5.91 Å². The van der Waals surface area contributed by atoms with Gasteiger partial charge in [-0.25, -0.2) is 0 Å². The van der Waals surface area contributed by atoms with Crippen molar-refractivity contribution in [3.05, 3.63) is 48.6 Å². The minimum absolute atomic E-state index is 0.117. The van der Waals surface area contributed by atoms with Crippen molar-refractivity contribution in [1.29, 1.82) is 0 Å². The molecule has 21 heavy (non-hydrogen) atoms. The average Bonchev–Trinajstić information content (AvgIpc) is 2.52. The number of amides is 1. The Bertz CT molecular complexity index is 530. The molecule has 2 rings (SSSR count). The van der Waals surface area contributed by atoms with E-state index in [0.29, 0.717) is 32.8 Å². The van der Waals surface area contributed by atoms with Crippen LogP contribution >= 0.6 is 0 Å². The first-order chi connectivity index (χ1) is 10.3. The summed E-state index contributed by atoms with van der Waals surface area (Å²) in [5.41, 5.74) is 1.10. The van der Waals surface area contributed by atoms with E-state index in [2.05, 4.69) is 18.4 Å². The van der Waals surface area contributed by atoms with Crippen molar-refractivity contribution >= 4 is 5.91 Å². The summed E-state index contributed by atoms with van der Waals surface area (Å²) in [5, 5.41) is 0. The molecule has 4 heteroatoms. The number of hydrogen-bond donors (Lipinski definition) is 0. The lowest BCUT2D eigenvalue weighted by atomic mass is 10.1. The summed E-state index contributed by atoms with van der Waals surface area (Å²) in [7, 11) is 0. The van der Waals surface area contributed by atoms with Gasteiger partial charge in [-0.2, -0.15) is 0 Å². The molecule has 0 aromatic heterocycles. The molecule has 1 heterocycles. The lowest BCUT2D eigenvalue weighted by molar-refractivity contribution is -0.173. The lowest BCUT2D eigenvalue weighted by Gasteiger charge is -2.39. The van der Waals surface area contributed by atoms with Crippen molar-refractivity contribution in [1.82, 2.24) is 4.90 Å². The van der Waals surface area contributed by atoms with E-state index < -0.39 is 0 Å². The Morgan fingerprint density at radius 2 is 2.05 bits per heavy atom. The zero-order valence-corrected chi connectivity index (χ0v) is 12.0. The van der Waals surface area contributed by atoms with E-state index in [1.54, 1.807) is 11.0 Å². The van der Waals surface area contributed by atoms with Crippen molar-refractivity contribution in [2.45, 2.75) is 19.2 Å². The molecule has 1 aliphatic heterocycles. The molecule has 0 radical (unpaired) electrons. The third kappa shape index (κ3) is 4.75. The maximum Gasteiger partial charge on any atom is 0.229 e. The topological polar surface area (TPSA) is 38.8 Å². The quantitative estimate of drug-likeness (QED) is 0.333. The molecule has 1 aromatic rings. The summed E-state index contributed by atoms with van der Waals surface area (Å²) in [6.45, 7) is 5.31. The molecule has 1 saturated heterocycles. The SMILES string of the molecule is C=CCOCC#CCOC1CC(=O)N1Cc1ccccc1. The van der Waals surface area contributed by atoms with Crippen LogP contribution in [0.1, 0.15) is 12.0 Å². The maximum atomic E-state index is 11.6. The van der Waals surface area contributed by atoms with Crippen LogP contribution in [0.3, 0.4) is 0 Å². The van der Waals surface area contributed by atoms with E-state index in [1.807, 2.05) is 30.3 Å². The largest absolute Gasteiger partial charge is 0.365 e. The summed E-state index contributed by atoms with van der Waals surface area (Å²) in [4.78, 5) is 13.4. The van der Waals surface area contributed by atoms with Gasteiger partial charge in [-0.05, 0) is 5.56 Å². The van der Waals surface area contributed by atoms with E-state index in [1.165, 1.54) is 0 Å². The van der Waals surface area contributed by atoms with E-state index >= 15 is 0 Å². The number of rotatable bonds is 7. The number of ether oxygens (including phenoxy) is 2. The summed E-state index contributed by atoms with van der Waals surface area (Å²) < 4.78 is 10.7. The molecule has 1 aliphatic rings. The zero-order valence-electron chi connectivity index (χ0n) is 12.0. The fourth-order valence-electron chi connectivity index (χ4n) is 1.98. The van der Waals surface area contributed by atoms with Gasteiger partial charge in [0.15, 0.2) is 0 Å². The van der Waals surface area contributed by atoms with Gasteiger partial charge in [0.05, 0.1) is 13.0 Å². The first-order valence-corrected chi connectivity index (χ1v) is 6.90. The summed E-state index contributed by atoms with van der Waals surface area (Å²) >= 11 is 0. The summed E-state index contributed by atoms with van der Waals surface area (Å²) in [5.74, 6) is 5.84. The molecule has 0 bridgehead atoms. The molecule has 1 fully saturated rings. The van der Waals surface area contributed by atoms with Crippen LogP contribution in [0.25, 0.3) is 0 Å². The van der Waals surface area contributed by atoms with Crippen molar-refractivity contribution in [3.8, 4) is 11.8 Å². The van der Waals surface area contributed by atoms with Gasteiger partial charge in [-0.1, -0.05) is 48.2 Å². The number of carbonyl (C=O) groups is 1. The van der Waals surface area contributed by atoms with Crippen LogP contribution in [-0.4, -0.2) is 36.9 Å². The third-order valence-electron chi connectivity index (χ3n) is 3.10. The fourth-order valence-corrected chi connectivity index (χ4v) is 1.98. The van der Waals surface area contributed by atoms with E-state index in [0.717, 1.165) is 5.56 Å². The Morgan fingerprint density at radius 3 is 2.76 bits per heavy atom. The third-order valence-corrected chi connectivity index (χ3v) is 3.10. The fraction of sp³-hybridized carbons (Fsp3) is 0.353. The number of carbonyl (C=O) groups excluding carboxylic acids is 1. The molecule has 0 saturated carbocycles. The van der Waals surface area contributed by atoms with Crippen LogP contribution in [0, 0.1) is 11.8 Å². The number of benzene rings is 1. The predicted molar refractivity (Wildman–Crippen MR) is 80.1 cm³/mol. The predicted octanol–water partition coefficient (Wildman–Crippen LogP) is 1.97. The van der Waals surface area contributed by atoms with Gasteiger partial charge in [0, 0.05) is 6.54 Å². The van der Waals surface area contributed by atoms with Gasteiger partial charge < -0.3 is 14.4 Å². The molecule has 0 aliphatic carbocycles. The normalized spacial score (nSPS) is 16.9. The van der Waals surface area contributed by atoms with Crippen LogP contribution in [0.5, 0.6) is 0 Å². The molecule has 1 amide bonds. The first kappa shape index (κ1) is 15.3. The lowest BCUT2D eigenvalue weighted by Crippen LogP contribution is -2.53. The van der Waals surface area contributed by atoms with Crippen LogP contribution in [0.2, 0.25) is 0 Å². The van der Waals surface area contributed by atoms with Crippen molar-refractivity contribution in [3.63, 3.8) is 0 Å². The number of likely N-dealkylation sites (tertiary alicyclic amines) is 1. The van der Waals surface area contributed by atoms with Gasteiger partial charge in [0.1, 0.15) is 19.4 Å². The van der Waals surface area contributed by atoms with Crippen molar-refractivity contribution in [2.24, 2.45) is 0 Å². The Balaban J connectivity index is 1.71. The smallest absolute Gasteiger partial charge is 0.229 e. The summed E-state index contributed by atoms with van der Waals surface area (Å²) in [6, 6.07) is 9.88. The number of nitrogens with zero attached hydrogens (tertiary/aromatic N) is 1. The standard InChI is InChI=1S/C17H19NO3/c1-2-10-20-11-6-7-12-21-17-13-16(19)18(17)14-15-8-4-3-5-9-15/h2-5,8-9,17H,1,10-14H2. The maximum absolute atomic E-state index is 11.6. The Labute approximate surface area is 125 Å². The second kappa shape index (κ2) is 8.25. The molecule has 4 nitrogen and oxygen atoms in total. The van der Waals surface area contributed by atoms with E-state index in [9.17, 15) is 4.79 Å². The summed E-state index contributed by atoms with van der Waals surface area (Å²) in [6.07, 6.45) is 1.95. The van der Waals surface area contributed by atoms with Crippen LogP contribution in [-0.2, 0) is 20.8 Å². The Morgan fingerprint density at radius 1 is 1.29 bits per heavy atom. The first-order valence-electron chi connectivity index (χ1n) is 6.90. The molecule has 1 aromatic carbocycles. The van der Waals surface area contributed by atoms with E-state index in [-0.39, 0.29) is 12.1 Å². The highest BCUT2D eigenvalue weighted by atomic mass is 16.5. The molecule has 0 N–H and O–H groups in total. The average molecular weight is 285 g/mol. The van der Waals surface area contributed by atoms with Crippen LogP contribution < -0.4 is 0 Å². The molecular weight excluding hydrogens is 266 g/mol. The van der Waals surface area contributed by atoms with Gasteiger partial charge in [-0.3, -0.25) is 4.79 Å².